The molecular weight excluding hydrogens is 136 g/mol. The van der Waals surface area contributed by atoms with Crippen LogP contribution in [0.15, 0.2) is 12.7 Å². The van der Waals surface area contributed by atoms with Crippen molar-refractivity contribution in [2.75, 3.05) is 13.2 Å². The number of aliphatic hydroxyl groups excluding tert-OH is 1. The molecule has 0 unspecified atom stereocenters. The number of aliphatic hydroxyl groups is 1. The molecule has 1 heterocycles. The molecule has 0 spiro atoms. The predicted molar refractivity (Wildman–Crippen MR) is 32.1 cm³/mol. The maximum Gasteiger partial charge on any atom is 0.385 e. The molecule has 0 aromatic rings. The van der Waals surface area contributed by atoms with Crippen molar-refractivity contribution in [2.24, 2.45) is 0 Å². The molecule has 0 amide bonds. The van der Waals surface area contributed by atoms with Crippen LogP contribution in [0, 0.1) is 0 Å². The number of carbonyl (C=O) groups is 1. The maximum absolute atomic E-state index is 10.4. The van der Waals surface area contributed by atoms with Crippen LogP contribution < -0.4 is 0 Å². The third kappa shape index (κ3) is 1.03. The number of carbonyl (C=O) groups excluding carboxylic acids is 1. The molecule has 4 nitrogen and oxygen atoms in total. The van der Waals surface area contributed by atoms with E-state index >= 15 is 0 Å². The van der Waals surface area contributed by atoms with E-state index in [0.717, 1.165) is 0 Å². The van der Waals surface area contributed by atoms with Crippen LogP contribution in [0.3, 0.4) is 0 Å². The minimum Gasteiger partial charge on any atom is -0.414 e. The molecule has 0 saturated carbocycles. The monoisotopic (exact) mass is 144 g/mol. The van der Waals surface area contributed by atoms with Crippen LogP contribution in [0.2, 0.25) is 0 Å². The molecule has 1 atom stereocenters. The van der Waals surface area contributed by atoms with Gasteiger partial charge in [0.15, 0.2) is 0 Å². The summed E-state index contributed by atoms with van der Waals surface area (Å²) in [5.74, 6) is -1.87. The molecule has 1 saturated heterocycles. The second-order valence-electron chi connectivity index (χ2n) is 1.90. The summed E-state index contributed by atoms with van der Waals surface area (Å²) in [6.45, 7) is 3.15. The topological polar surface area (TPSA) is 59.1 Å². The van der Waals surface area contributed by atoms with Crippen molar-refractivity contribution in [2.45, 2.75) is 5.79 Å². The Balaban J connectivity index is 2.37. The standard InChI is InChI=1S/C6H8O4/c1-2-3-9-6(4-7)5(8)10-6/h2,7H,1,3-4H2/t6-/m1/s1. The van der Waals surface area contributed by atoms with Crippen LogP contribution in [-0.4, -0.2) is 30.1 Å². The lowest BCUT2D eigenvalue weighted by molar-refractivity contribution is -0.119. The third-order valence-corrected chi connectivity index (χ3v) is 1.17. The summed E-state index contributed by atoms with van der Waals surface area (Å²) in [6, 6.07) is 0. The Morgan fingerprint density at radius 1 is 1.90 bits per heavy atom. The van der Waals surface area contributed by atoms with Crippen molar-refractivity contribution >= 4 is 5.97 Å². The van der Waals surface area contributed by atoms with Crippen LogP contribution in [-0.2, 0) is 14.3 Å². The second-order valence-corrected chi connectivity index (χ2v) is 1.90. The fraction of sp³-hybridized carbons (Fsp3) is 0.500. The zero-order valence-corrected chi connectivity index (χ0v) is 5.37. The Morgan fingerprint density at radius 2 is 2.50 bits per heavy atom. The van der Waals surface area contributed by atoms with E-state index < -0.39 is 18.4 Å². The first-order valence-corrected chi connectivity index (χ1v) is 2.84. The van der Waals surface area contributed by atoms with E-state index in [1.54, 1.807) is 0 Å². The molecule has 1 rings (SSSR count). The van der Waals surface area contributed by atoms with Gasteiger partial charge in [-0.1, -0.05) is 6.08 Å². The van der Waals surface area contributed by atoms with E-state index in [2.05, 4.69) is 11.3 Å². The Bertz CT molecular complexity index is 165. The highest BCUT2D eigenvalue weighted by Gasteiger charge is 2.59. The van der Waals surface area contributed by atoms with E-state index in [-0.39, 0.29) is 6.61 Å². The molecule has 1 aliphatic heterocycles. The van der Waals surface area contributed by atoms with Gasteiger partial charge in [-0.3, -0.25) is 0 Å². The summed E-state index contributed by atoms with van der Waals surface area (Å²) in [7, 11) is 0. The maximum atomic E-state index is 10.4. The number of hydrogen-bond acceptors (Lipinski definition) is 4. The van der Waals surface area contributed by atoms with Crippen molar-refractivity contribution in [1.82, 2.24) is 0 Å². The summed E-state index contributed by atoms with van der Waals surface area (Å²) in [5, 5.41) is 8.55. The Kier molecular flexibility index (Phi) is 1.74. The molecule has 56 valence electrons. The number of rotatable bonds is 4. The highest BCUT2D eigenvalue weighted by molar-refractivity contribution is 5.91. The zero-order valence-electron chi connectivity index (χ0n) is 5.37. The van der Waals surface area contributed by atoms with Gasteiger partial charge < -0.3 is 14.6 Å². The van der Waals surface area contributed by atoms with E-state index in [9.17, 15) is 4.79 Å². The summed E-state index contributed by atoms with van der Waals surface area (Å²) < 4.78 is 9.21. The smallest absolute Gasteiger partial charge is 0.385 e. The fourth-order valence-corrected chi connectivity index (χ4v) is 0.549. The highest BCUT2D eigenvalue weighted by Crippen LogP contribution is 2.29. The van der Waals surface area contributed by atoms with Gasteiger partial charge in [0.05, 0.1) is 6.61 Å². The van der Waals surface area contributed by atoms with Gasteiger partial charge in [0.25, 0.3) is 0 Å². The normalized spacial score (nSPS) is 29.5. The Morgan fingerprint density at radius 3 is 2.80 bits per heavy atom. The summed E-state index contributed by atoms with van der Waals surface area (Å²) >= 11 is 0. The van der Waals surface area contributed by atoms with Crippen molar-refractivity contribution in [3.8, 4) is 0 Å². The Labute approximate surface area is 58.1 Å². The van der Waals surface area contributed by atoms with E-state index in [1.807, 2.05) is 0 Å². The van der Waals surface area contributed by atoms with Crippen molar-refractivity contribution in [3.63, 3.8) is 0 Å². The van der Waals surface area contributed by atoms with Gasteiger partial charge in [0, 0.05) is 0 Å². The number of ether oxygens (including phenoxy) is 2. The molecule has 0 aromatic carbocycles. The lowest BCUT2D eigenvalue weighted by Gasteiger charge is -2.02. The van der Waals surface area contributed by atoms with Gasteiger partial charge in [-0.2, -0.15) is 0 Å². The molecule has 0 bridgehead atoms. The molecule has 0 radical (unpaired) electrons. The van der Waals surface area contributed by atoms with Gasteiger partial charge in [-0.25, -0.2) is 4.79 Å². The van der Waals surface area contributed by atoms with E-state index in [0.29, 0.717) is 0 Å². The lowest BCUT2D eigenvalue weighted by Crippen LogP contribution is -2.22. The molecule has 0 aliphatic carbocycles. The molecule has 0 aromatic heterocycles. The van der Waals surface area contributed by atoms with Crippen LogP contribution in [0.1, 0.15) is 0 Å². The quantitative estimate of drug-likeness (QED) is 0.424. The van der Waals surface area contributed by atoms with Gasteiger partial charge >= 0.3 is 11.8 Å². The highest BCUT2D eigenvalue weighted by atomic mass is 16.8. The predicted octanol–water partition coefficient (Wildman–Crippen LogP) is -0.566. The van der Waals surface area contributed by atoms with Gasteiger partial charge in [0.2, 0.25) is 0 Å². The van der Waals surface area contributed by atoms with Gasteiger partial charge in [-0.05, 0) is 0 Å². The van der Waals surface area contributed by atoms with Gasteiger partial charge in [0.1, 0.15) is 6.61 Å². The summed E-state index contributed by atoms with van der Waals surface area (Å²) in [6.07, 6.45) is 1.48. The third-order valence-electron chi connectivity index (χ3n) is 1.17. The minimum absolute atomic E-state index is 0.201. The van der Waals surface area contributed by atoms with Crippen LogP contribution in [0.5, 0.6) is 0 Å². The lowest BCUT2D eigenvalue weighted by atomic mass is 10.4. The zero-order chi connectivity index (χ0) is 7.61. The molecule has 4 heteroatoms. The van der Waals surface area contributed by atoms with Crippen molar-refractivity contribution in [1.29, 1.82) is 0 Å². The average molecular weight is 144 g/mol. The summed E-state index contributed by atoms with van der Waals surface area (Å²) in [5.41, 5.74) is 0. The van der Waals surface area contributed by atoms with Crippen LogP contribution in [0.4, 0.5) is 0 Å². The molecule has 10 heavy (non-hydrogen) atoms. The van der Waals surface area contributed by atoms with Crippen LogP contribution >= 0.6 is 0 Å². The molecular formula is C6H8O4. The van der Waals surface area contributed by atoms with E-state index in [1.165, 1.54) is 6.08 Å². The molecule has 1 aliphatic rings. The first kappa shape index (κ1) is 7.24. The average Bonchev–Trinajstić information content (AvgIpc) is 2.59. The largest absolute Gasteiger partial charge is 0.414 e. The molecule has 1 fully saturated rings. The first-order valence-electron chi connectivity index (χ1n) is 2.84. The van der Waals surface area contributed by atoms with Crippen molar-refractivity contribution < 1.29 is 19.4 Å². The second kappa shape index (κ2) is 2.40. The SMILES string of the molecule is C=CCO[C@]1(CO)OC1=O. The summed E-state index contributed by atoms with van der Waals surface area (Å²) in [4.78, 5) is 10.4. The Hall–Kier alpha value is -0.870. The van der Waals surface area contributed by atoms with E-state index in [4.69, 9.17) is 9.84 Å². The first-order chi connectivity index (χ1) is 4.75. The molecule has 1 N–H and O–H groups in total. The minimum atomic E-state index is -1.35. The number of cyclic esters (lactones) is 1. The van der Waals surface area contributed by atoms with Crippen LogP contribution in [0.25, 0.3) is 0 Å². The van der Waals surface area contributed by atoms with Crippen molar-refractivity contribution in [3.05, 3.63) is 12.7 Å². The van der Waals surface area contributed by atoms with Gasteiger partial charge in [-0.15, -0.1) is 6.58 Å². The number of hydrogen-bond donors (Lipinski definition) is 1. The number of epoxide rings is 1. The fourth-order valence-electron chi connectivity index (χ4n) is 0.549.